The molecule has 0 saturated carbocycles. The van der Waals surface area contributed by atoms with Crippen molar-refractivity contribution in [2.45, 2.75) is 31.7 Å². The molecule has 1 N–H and O–H groups in total. The molecule has 0 bridgehead atoms. The Bertz CT molecular complexity index is 198. The Morgan fingerprint density at radius 2 is 2.18 bits per heavy atom. The van der Waals surface area contributed by atoms with Crippen LogP contribution in [0.4, 0.5) is 0 Å². The lowest BCUT2D eigenvalue weighted by Crippen LogP contribution is -2.45. The second-order valence-electron chi connectivity index (χ2n) is 3.42. The van der Waals surface area contributed by atoms with Crippen LogP contribution in [0.3, 0.4) is 0 Å². The fourth-order valence-corrected chi connectivity index (χ4v) is 1.96. The molecule has 2 nitrogen and oxygen atoms in total. The Kier molecular flexibility index (Phi) is 1.68. The molecule has 1 heterocycles. The molecule has 0 aromatic heterocycles. The standard InChI is InChI=1S/C9H13NO/c11-9-6-5-7-3-1-2-4-8(7)10-9/h1-2,7-8H,3-6H2,(H,10,11)/t7-,8-/m1/s1. The molecule has 60 valence electrons. The summed E-state index contributed by atoms with van der Waals surface area (Å²) in [4.78, 5) is 11.0. The van der Waals surface area contributed by atoms with Gasteiger partial charge in [0.05, 0.1) is 0 Å². The van der Waals surface area contributed by atoms with Crippen molar-refractivity contribution in [1.82, 2.24) is 5.32 Å². The van der Waals surface area contributed by atoms with E-state index in [0.29, 0.717) is 6.04 Å². The molecule has 1 amide bonds. The van der Waals surface area contributed by atoms with Gasteiger partial charge in [0, 0.05) is 12.5 Å². The fraction of sp³-hybridized carbons (Fsp3) is 0.667. The molecule has 1 fully saturated rings. The topological polar surface area (TPSA) is 29.1 Å². The zero-order valence-corrected chi connectivity index (χ0v) is 6.55. The number of hydrogen-bond donors (Lipinski definition) is 1. The van der Waals surface area contributed by atoms with Crippen LogP contribution in [-0.4, -0.2) is 11.9 Å². The average Bonchev–Trinajstić information content (AvgIpc) is 2.04. The van der Waals surface area contributed by atoms with Crippen molar-refractivity contribution in [3.05, 3.63) is 12.2 Å². The van der Waals surface area contributed by atoms with E-state index >= 15 is 0 Å². The molecule has 0 aromatic rings. The van der Waals surface area contributed by atoms with Crippen LogP contribution in [0.15, 0.2) is 12.2 Å². The van der Waals surface area contributed by atoms with Crippen LogP contribution in [0.5, 0.6) is 0 Å². The highest BCUT2D eigenvalue weighted by molar-refractivity contribution is 5.77. The normalized spacial score (nSPS) is 36.2. The van der Waals surface area contributed by atoms with Crippen molar-refractivity contribution in [2.24, 2.45) is 5.92 Å². The summed E-state index contributed by atoms with van der Waals surface area (Å²) in [6, 6.07) is 0.446. The van der Waals surface area contributed by atoms with Gasteiger partial charge in [-0.15, -0.1) is 0 Å². The number of amides is 1. The van der Waals surface area contributed by atoms with E-state index in [2.05, 4.69) is 17.5 Å². The summed E-state index contributed by atoms with van der Waals surface area (Å²) in [6.45, 7) is 0. The summed E-state index contributed by atoms with van der Waals surface area (Å²) in [5.41, 5.74) is 0. The first-order chi connectivity index (χ1) is 5.36. The van der Waals surface area contributed by atoms with Crippen LogP contribution < -0.4 is 5.32 Å². The van der Waals surface area contributed by atoms with Crippen molar-refractivity contribution >= 4 is 5.91 Å². The predicted molar refractivity (Wildman–Crippen MR) is 43.0 cm³/mol. The third kappa shape index (κ3) is 1.30. The number of allylic oxidation sites excluding steroid dienone is 1. The summed E-state index contributed by atoms with van der Waals surface area (Å²) in [5, 5.41) is 3.03. The van der Waals surface area contributed by atoms with Gasteiger partial charge in [-0.2, -0.15) is 0 Å². The Morgan fingerprint density at radius 3 is 3.09 bits per heavy atom. The van der Waals surface area contributed by atoms with Gasteiger partial charge in [0.2, 0.25) is 5.91 Å². The molecule has 0 unspecified atom stereocenters. The van der Waals surface area contributed by atoms with E-state index in [1.807, 2.05) is 0 Å². The molecular formula is C9H13NO. The molecule has 0 radical (unpaired) electrons. The first-order valence-electron chi connectivity index (χ1n) is 4.30. The minimum Gasteiger partial charge on any atom is -0.353 e. The quantitative estimate of drug-likeness (QED) is 0.518. The van der Waals surface area contributed by atoms with Gasteiger partial charge in [0.25, 0.3) is 0 Å². The molecule has 1 aliphatic heterocycles. The Balaban J connectivity index is 2.06. The maximum atomic E-state index is 11.0. The molecule has 2 aliphatic rings. The second-order valence-corrected chi connectivity index (χ2v) is 3.42. The minimum atomic E-state index is 0.238. The van der Waals surface area contributed by atoms with Gasteiger partial charge in [-0.3, -0.25) is 4.79 Å². The molecule has 11 heavy (non-hydrogen) atoms. The molecule has 1 aliphatic carbocycles. The predicted octanol–water partition coefficient (Wildman–Crippen LogP) is 1.23. The van der Waals surface area contributed by atoms with Gasteiger partial charge in [0.1, 0.15) is 0 Å². The number of carbonyl (C=O) groups excluding carboxylic acids is 1. The van der Waals surface area contributed by atoms with E-state index in [1.54, 1.807) is 0 Å². The van der Waals surface area contributed by atoms with Gasteiger partial charge in [-0.05, 0) is 25.2 Å². The molecular weight excluding hydrogens is 138 g/mol. The van der Waals surface area contributed by atoms with Gasteiger partial charge in [-0.1, -0.05) is 12.2 Å². The van der Waals surface area contributed by atoms with Crippen LogP contribution in [0.1, 0.15) is 25.7 Å². The number of hydrogen-bond acceptors (Lipinski definition) is 1. The number of fused-ring (bicyclic) bond motifs is 1. The summed E-state index contributed by atoms with van der Waals surface area (Å²) in [6.07, 6.45) is 8.42. The first-order valence-corrected chi connectivity index (χ1v) is 4.30. The molecule has 2 heteroatoms. The monoisotopic (exact) mass is 151 g/mol. The molecule has 1 saturated heterocycles. The smallest absolute Gasteiger partial charge is 0.220 e. The maximum absolute atomic E-state index is 11.0. The Labute approximate surface area is 66.7 Å². The maximum Gasteiger partial charge on any atom is 0.220 e. The zero-order valence-electron chi connectivity index (χ0n) is 6.55. The highest BCUT2D eigenvalue weighted by Crippen LogP contribution is 2.26. The lowest BCUT2D eigenvalue weighted by Gasteiger charge is -2.33. The van der Waals surface area contributed by atoms with Gasteiger partial charge < -0.3 is 5.32 Å². The third-order valence-electron chi connectivity index (χ3n) is 2.65. The van der Waals surface area contributed by atoms with Crippen molar-refractivity contribution < 1.29 is 4.79 Å². The van der Waals surface area contributed by atoms with Gasteiger partial charge >= 0.3 is 0 Å². The fourth-order valence-electron chi connectivity index (χ4n) is 1.96. The summed E-state index contributed by atoms with van der Waals surface area (Å²) in [5.74, 6) is 0.958. The van der Waals surface area contributed by atoms with Crippen LogP contribution in [0, 0.1) is 5.92 Å². The van der Waals surface area contributed by atoms with E-state index in [4.69, 9.17) is 0 Å². The van der Waals surface area contributed by atoms with E-state index in [9.17, 15) is 4.79 Å². The van der Waals surface area contributed by atoms with Crippen LogP contribution in [0.2, 0.25) is 0 Å². The summed E-state index contributed by atoms with van der Waals surface area (Å²) < 4.78 is 0. The zero-order chi connectivity index (χ0) is 7.68. The highest BCUT2D eigenvalue weighted by Gasteiger charge is 2.28. The summed E-state index contributed by atoms with van der Waals surface area (Å²) >= 11 is 0. The number of rotatable bonds is 0. The summed E-state index contributed by atoms with van der Waals surface area (Å²) in [7, 11) is 0. The van der Waals surface area contributed by atoms with Crippen LogP contribution in [0.25, 0.3) is 0 Å². The van der Waals surface area contributed by atoms with Gasteiger partial charge in [0.15, 0.2) is 0 Å². The first kappa shape index (κ1) is 6.89. The average molecular weight is 151 g/mol. The van der Waals surface area contributed by atoms with Crippen molar-refractivity contribution in [2.75, 3.05) is 0 Å². The lowest BCUT2D eigenvalue weighted by molar-refractivity contribution is -0.124. The molecule has 2 atom stereocenters. The van der Waals surface area contributed by atoms with E-state index < -0.39 is 0 Å². The Morgan fingerprint density at radius 1 is 1.36 bits per heavy atom. The van der Waals surface area contributed by atoms with E-state index in [1.165, 1.54) is 0 Å². The Hall–Kier alpha value is -0.790. The SMILES string of the molecule is O=C1CC[C@H]2CC=CC[C@H]2N1. The van der Waals surface area contributed by atoms with Crippen molar-refractivity contribution in [1.29, 1.82) is 0 Å². The van der Waals surface area contributed by atoms with Crippen LogP contribution >= 0.6 is 0 Å². The highest BCUT2D eigenvalue weighted by atomic mass is 16.1. The van der Waals surface area contributed by atoms with E-state index in [-0.39, 0.29) is 5.91 Å². The molecule has 0 spiro atoms. The van der Waals surface area contributed by atoms with Gasteiger partial charge in [-0.25, -0.2) is 0 Å². The van der Waals surface area contributed by atoms with Crippen LogP contribution in [-0.2, 0) is 4.79 Å². The lowest BCUT2D eigenvalue weighted by atomic mass is 9.83. The van der Waals surface area contributed by atoms with Crippen molar-refractivity contribution in [3.63, 3.8) is 0 Å². The second kappa shape index (κ2) is 2.68. The minimum absolute atomic E-state index is 0.238. The van der Waals surface area contributed by atoms with E-state index in [0.717, 1.165) is 31.6 Å². The largest absolute Gasteiger partial charge is 0.353 e. The molecule has 0 aromatic carbocycles. The third-order valence-corrected chi connectivity index (χ3v) is 2.65. The number of nitrogens with one attached hydrogen (secondary N) is 1. The number of carbonyl (C=O) groups is 1. The van der Waals surface area contributed by atoms with Crippen molar-refractivity contribution in [3.8, 4) is 0 Å². The number of piperidine rings is 1. The molecule has 2 rings (SSSR count).